The van der Waals surface area contributed by atoms with E-state index in [1.165, 1.54) is 17.5 Å². The highest BCUT2D eigenvalue weighted by molar-refractivity contribution is 7.89. The van der Waals surface area contributed by atoms with Crippen molar-refractivity contribution in [3.63, 3.8) is 0 Å². The van der Waals surface area contributed by atoms with Gasteiger partial charge in [0.1, 0.15) is 5.69 Å². The molecule has 32 heavy (non-hydrogen) atoms. The third kappa shape index (κ3) is 4.34. The van der Waals surface area contributed by atoms with Crippen LogP contribution in [0.25, 0.3) is 11.5 Å². The monoisotopic (exact) mass is 460 g/mol. The standard InChI is InChI=1S/C21H24N4O6S/c1-29-18-4-3-15(13-19(18)30-2)23-21(26)14-8-11-25(12-9-14)32(27,28)20-6-5-17(31-20)16-7-10-22-24-16/h3-7,10,13-14H,8-9,11-12H2,1-2H3,(H,22,24)(H,23,26). The first-order chi connectivity index (χ1) is 15.4. The van der Waals surface area contributed by atoms with E-state index in [0.29, 0.717) is 41.5 Å². The van der Waals surface area contributed by atoms with Crippen LogP contribution in [0.15, 0.2) is 52.1 Å². The molecule has 2 N–H and O–H groups in total. The molecule has 0 bridgehead atoms. The third-order valence-corrected chi connectivity index (χ3v) is 7.19. The first-order valence-corrected chi connectivity index (χ1v) is 11.5. The van der Waals surface area contributed by atoms with Crippen molar-refractivity contribution in [2.24, 2.45) is 5.92 Å². The summed E-state index contributed by atoms with van der Waals surface area (Å²) in [5, 5.41) is 9.32. The van der Waals surface area contributed by atoms with E-state index in [4.69, 9.17) is 13.9 Å². The van der Waals surface area contributed by atoms with Crippen LogP contribution in [-0.2, 0) is 14.8 Å². The molecule has 0 aliphatic carbocycles. The molecule has 0 saturated carbocycles. The molecule has 10 nitrogen and oxygen atoms in total. The number of carbonyl (C=O) groups is 1. The molecule has 1 aliphatic rings. The van der Waals surface area contributed by atoms with E-state index in [9.17, 15) is 13.2 Å². The lowest BCUT2D eigenvalue weighted by molar-refractivity contribution is -0.120. The fourth-order valence-corrected chi connectivity index (χ4v) is 5.02. The first kappa shape index (κ1) is 21.9. The Balaban J connectivity index is 1.38. The lowest BCUT2D eigenvalue weighted by Gasteiger charge is -2.29. The topological polar surface area (TPSA) is 127 Å². The van der Waals surface area contributed by atoms with Crippen LogP contribution in [0.2, 0.25) is 0 Å². The van der Waals surface area contributed by atoms with Gasteiger partial charge in [-0.1, -0.05) is 0 Å². The molecular weight excluding hydrogens is 436 g/mol. The number of ether oxygens (including phenoxy) is 2. The summed E-state index contributed by atoms with van der Waals surface area (Å²) in [5.74, 6) is 1.02. The molecule has 1 aliphatic heterocycles. The maximum atomic E-state index is 12.9. The van der Waals surface area contributed by atoms with Gasteiger partial charge in [-0.25, -0.2) is 8.42 Å². The fourth-order valence-electron chi connectivity index (χ4n) is 3.64. The van der Waals surface area contributed by atoms with Gasteiger partial charge in [-0.2, -0.15) is 9.40 Å². The van der Waals surface area contributed by atoms with Crippen molar-refractivity contribution in [1.29, 1.82) is 0 Å². The van der Waals surface area contributed by atoms with E-state index in [1.807, 2.05) is 0 Å². The number of hydrogen-bond acceptors (Lipinski definition) is 7. The number of furan rings is 1. The van der Waals surface area contributed by atoms with Gasteiger partial charge in [0.2, 0.25) is 11.0 Å². The number of benzene rings is 1. The molecule has 11 heteroatoms. The number of H-pyrrole nitrogens is 1. The van der Waals surface area contributed by atoms with Gasteiger partial charge >= 0.3 is 0 Å². The summed E-state index contributed by atoms with van der Waals surface area (Å²) in [7, 11) is -0.722. The summed E-state index contributed by atoms with van der Waals surface area (Å²) in [4.78, 5) is 12.7. The van der Waals surface area contributed by atoms with Crippen LogP contribution in [0.5, 0.6) is 11.5 Å². The fraction of sp³-hybridized carbons (Fsp3) is 0.333. The Morgan fingerprint density at radius 1 is 1.12 bits per heavy atom. The zero-order valence-corrected chi connectivity index (χ0v) is 18.5. The lowest BCUT2D eigenvalue weighted by atomic mass is 9.97. The second-order valence-corrected chi connectivity index (χ2v) is 9.20. The van der Waals surface area contributed by atoms with E-state index in [1.54, 1.807) is 43.6 Å². The number of nitrogens with zero attached hydrogens (tertiary/aromatic N) is 2. The highest BCUT2D eigenvalue weighted by atomic mass is 32.2. The summed E-state index contributed by atoms with van der Waals surface area (Å²) < 4.78 is 43.2. The number of rotatable bonds is 7. The van der Waals surface area contributed by atoms with Crippen LogP contribution >= 0.6 is 0 Å². The molecule has 0 unspecified atom stereocenters. The average Bonchev–Trinajstić information content (AvgIpc) is 3.51. The van der Waals surface area contributed by atoms with E-state index >= 15 is 0 Å². The number of piperidine rings is 1. The molecule has 1 aromatic carbocycles. The van der Waals surface area contributed by atoms with Gasteiger partial charge in [-0.05, 0) is 43.2 Å². The first-order valence-electron chi connectivity index (χ1n) is 10.0. The number of methoxy groups -OCH3 is 2. The summed E-state index contributed by atoms with van der Waals surface area (Å²) in [5.41, 5.74) is 1.18. The Bertz CT molecular complexity index is 1180. The highest BCUT2D eigenvalue weighted by Crippen LogP contribution is 2.31. The Hall–Kier alpha value is -3.31. The van der Waals surface area contributed by atoms with Gasteiger partial charge in [0.25, 0.3) is 10.0 Å². The van der Waals surface area contributed by atoms with E-state index in [2.05, 4.69) is 15.5 Å². The number of aromatic nitrogens is 2. The SMILES string of the molecule is COc1ccc(NC(=O)C2CCN(S(=O)(=O)c3ccc(-c4ccn[nH]4)o3)CC2)cc1OC. The van der Waals surface area contributed by atoms with Crippen LogP contribution in [-0.4, -0.2) is 56.1 Å². The number of aromatic amines is 1. The Morgan fingerprint density at radius 2 is 1.88 bits per heavy atom. The molecule has 3 aromatic rings. The van der Waals surface area contributed by atoms with Gasteiger partial charge in [0.15, 0.2) is 17.3 Å². The largest absolute Gasteiger partial charge is 0.493 e. The molecule has 0 radical (unpaired) electrons. The van der Waals surface area contributed by atoms with Crippen molar-refractivity contribution in [3.05, 3.63) is 42.6 Å². The smallest absolute Gasteiger partial charge is 0.276 e. The summed E-state index contributed by atoms with van der Waals surface area (Å²) in [6.45, 7) is 0.457. The van der Waals surface area contributed by atoms with Gasteiger partial charge in [-0.3, -0.25) is 9.89 Å². The van der Waals surface area contributed by atoms with Crippen LogP contribution in [0, 0.1) is 5.92 Å². The molecule has 0 spiro atoms. The van der Waals surface area contributed by atoms with Crippen molar-refractivity contribution < 1.29 is 27.1 Å². The number of sulfonamides is 1. The maximum absolute atomic E-state index is 12.9. The average molecular weight is 461 g/mol. The van der Waals surface area contributed by atoms with Gasteiger partial charge in [0, 0.05) is 37.0 Å². The second-order valence-electron chi connectivity index (χ2n) is 7.33. The van der Waals surface area contributed by atoms with Gasteiger partial charge in [0.05, 0.1) is 14.2 Å². The lowest BCUT2D eigenvalue weighted by Crippen LogP contribution is -2.41. The molecule has 0 atom stereocenters. The van der Waals surface area contributed by atoms with E-state index in [0.717, 1.165) is 0 Å². The molecule has 1 saturated heterocycles. The minimum Gasteiger partial charge on any atom is -0.493 e. The Kier molecular flexibility index (Phi) is 6.19. The van der Waals surface area contributed by atoms with Crippen molar-refractivity contribution >= 4 is 21.6 Å². The predicted molar refractivity (Wildman–Crippen MR) is 116 cm³/mol. The van der Waals surface area contributed by atoms with Gasteiger partial charge < -0.3 is 19.2 Å². The summed E-state index contributed by atoms with van der Waals surface area (Å²) >= 11 is 0. The predicted octanol–water partition coefficient (Wildman–Crippen LogP) is 2.73. The van der Waals surface area contributed by atoms with Crippen molar-refractivity contribution in [3.8, 4) is 23.0 Å². The van der Waals surface area contributed by atoms with E-state index < -0.39 is 10.0 Å². The van der Waals surface area contributed by atoms with Crippen LogP contribution < -0.4 is 14.8 Å². The van der Waals surface area contributed by atoms with Crippen molar-refractivity contribution in [1.82, 2.24) is 14.5 Å². The molecular formula is C21H24N4O6S. The molecule has 1 fully saturated rings. The number of nitrogens with one attached hydrogen (secondary N) is 2. The number of anilines is 1. The molecule has 2 aromatic heterocycles. The quantitative estimate of drug-likeness (QED) is 0.555. The second kappa shape index (κ2) is 9.05. The third-order valence-electron chi connectivity index (χ3n) is 5.42. The molecule has 3 heterocycles. The van der Waals surface area contributed by atoms with Crippen LogP contribution in [0.1, 0.15) is 12.8 Å². The zero-order valence-electron chi connectivity index (χ0n) is 17.7. The highest BCUT2D eigenvalue weighted by Gasteiger charge is 2.34. The van der Waals surface area contributed by atoms with Crippen LogP contribution in [0.4, 0.5) is 5.69 Å². The van der Waals surface area contributed by atoms with Crippen molar-refractivity contribution in [2.75, 3.05) is 32.6 Å². The molecule has 1 amide bonds. The minimum atomic E-state index is -3.79. The van der Waals surface area contributed by atoms with Crippen molar-refractivity contribution in [2.45, 2.75) is 17.9 Å². The summed E-state index contributed by atoms with van der Waals surface area (Å²) in [6.07, 6.45) is 2.38. The Labute approximate surface area is 185 Å². The minimum absolute atomic E-state index is 0.129. The van der Waals surface area contributed by atoms with E-state index in [-0.39, 0.29) is 30.0 Å². The van der Waals surface area contributed by atoms with Gasteiger partial charge in [-0.15, -0.1) is 0 Å². The molecule has 4 rings (SSSR count). The zero-order chi connectivity index (χ0) is 22.7. The Morgan fingerprint density at radius 3 is 2.53 bits per heavy atom. The number of hydrogen-bond donors (Lipinski definition) is 2. The maximum Gasteiger partial charge on any atom is 0.276 e. The summed E-state index contributed by atoms with van der Waals surface area (Å²) in [6, 6.07) is 9.84. The number of carbonyl (C=O) groups excluding carboxylic acids is 1. The molecule has 170 valence electrons. The number of amides is 1. The van der Waals surface area contributed by atoms with Crippen LogP contribution in [0.3, 0.4) is 0 Å². The normalized spacial score (nSPS) is 15.4.